The topological polar surface area (TPSA) is 56.2 Å². The summed E-state index contributed by atoms with van der Waals surface area (Å²) in [6.07, 6.45) is 0. The number of hydrogen-bond acceptors (Lipinski definition) is 3. The molecule has 0 aliphatic rings. The summed E-state index contributed by atoms with van der Waals surface area (Å²) < 4.78 is 5.18. The smallest absolute Gasteiger partial charge is 0.344 e. The summed E-state index contributed by atoms with van der Waals surface area (Å²) in [5.41, 5.74) is 6.74. The van der Waals surface area contributed by atoms with Crippen LogP contribution in [0.2, 0.25) is 0 Å². The van der Waals surface area contributed by atoms with Crippen molar-refractivity contribution in [2.45, 2.75) is 0 Å². The van der Waals surface area contributed by atoms with E-state index in [0.717, 1.165) is 10.9 Å². The molecule has 2 aromatic carbocycles. The van der Waals surface area contributed by atoms with Gasteiger partial charge in [-0.25, -0.2) is 4.79 Å². The minimum Gasteiger partial charge on any atom is -0.414 e. The minimum absolute atomic E-state index is 0.344. The van der Waals surface area contributed by atoms with Crippen LogP contribution in [-0.2, 0) is 0 Å². The van der Waals surface area contributed by atoms with Crippen molar-refractivity contribution in [2.24, 2.45) is 0 Å². The second-order valence-corrected chi connectivity index (χ2v) is 4.36. The van der Waals surface area contributed by atoms with E-state index in [1.807, 2.05) is 24.3 Å². The standard InChI is InChI=1S/C17H11NO2/c18-14-6-3-4-12(10-14)8-9-15-11-13-5-1-2-7-16(13)17(19)20-15/h1-7,10-11H,18H2. The van der Waals surface area contributed by atoms with Gasteiger partial charge in [0.15, 0.2) is 5.76 Å². The first kappa shape index (κ1) is 12.1. The Morgan fingerprint density at radius 3 is 2.65 bits per heavy atom. The van der Waals surface area contributed by atoms with Crippen LogP contribution in [0, 0.1) is 11.8 Å². The molecule has 3 nitrogen and oxygen atoms in total. The van der Waals surface area contributed by atoms with Gasteiger partial charge in [0.25, 0.3) is 0 Å². The van der Waals surface area contributed by atoms with Crippen molar-refractivity contribution >= 4 is 16.5 Å². The molecule has 0 aliphatic carbocycles. The average molecular weight is 261 g/mol. The van der Waals surface area contributed by atoms with E-state index in [1.165, 1.54) is 0 Å². The highest BCUT2D eigenvalue weighted by Crippen LogP contribution is 2.11. The fourth-order valence-electron chi connectivity index (χ4n) is 1.95. The summed E-state index contributed by atoms with van der Waals surface area (Å²) in [6.45, 7) is 0. The predicted octanol–water partition coefficient (Wildman–Crippen LogP) is 2.78. The molecule has 0 fully saturated rings. The highest BCUT2D eigenvalue weighted by Gasteiger charge is 2.01. The van der Waals surface area contributed by atoms with Crippen molar-refractivity contribution in [3.8, 4) is 11.8 Å². The number of fused-ring (bicyclic) bond motifs is 1. The van der Waals surface area contributed by atoms with E-state index in [-0.39, 0.29) is 5.63 Å². The Bertz CT molecular complexity index is 898. The van der Waals surface area contributed by atoms with Gasteiger partial charge in [0, 0.05) is 11.3 Å². The summed E-state index contributed by atoms with van der Waals surface area (Å²) in [7, 11) is 0. The van der Waals surface area contributed by atoms with Crippen molar-refractivity contribution < 1.29 is 4.42 Å². The molecule has 20 heavy (non-hydrogen) atoms. The molecule has 0 bridgehead atoms. The molecule has 3 rings (SSSR count). The maximum absolute atomic E-state index is 11.8. The Hall–Kier alpha value is -2.99. The summed E-state index contributed by atoms with van der Waals surface area (Å²) in [5.74, 6) is 6.12. The number of rotatable bonds is 0. The highest BCUT2D eigenvalue weighted by atomic mass is 16.4. The van der Waals surface area contributed by atoms with E-state index in [2.05, 4.69) is 11.8 Å². The van der Waals surface area contributed by atoms with Gasteiger partial charge in [0.05, 0.1) is 5.39 Å². The molecule has 3 aromatic rings. The number of benzene rings is 2. The van der Waals surface area contributed by atoms with Crippen molar-refractivity contribution in [2.75, 3.05) is 5.73 Å². The number of nitrogen functional groups attached to an aromatic ring is 1. The SMILES string of the molecule is Nc1cccc(C#Cc2cc3ccccc3c(=O)o2)c1. The van der Waals surface area contributed by atoms with Crippen molar-refractivity contribution in [3.05, 3.63) is 76.3 Å². The molecule has 1 heterocycles. The second kappa shape index (κ2) is 4.94. The zero-order chi connectivity index (χ0) is 13.9. The molecule has 3 heteroatoms. The molecule has 2 N–H and O–H groups in total. The van der Waals surface area contributed by atoms with E-state index in [1.54, 1.807) is 30.3 Å². The normalized spacial score (nSPS) is 10.0. The summed E-state index contributed by atoms with van der Waals surface area (Å²) in [4.78, 5) is 11.8. The lowest BCUT2D eigenvalue weighted by Gasteiger charge is -1.96. The molecule has 0 atom stereocenters. The van der Waals surface area contributed by atoms with Crippen LogP contribution in [-0.4, -0.2) is 0 Å². The van der Waals surface area contributed by atoms with Crippen LogP contribution in [0.4, 0.5) is 5.69 Å². The minimum atomic E-state index is -0.375. The molecular weight excluding hydrogens is 250 g/mol. The molecule has 1 aromatic heterocycles. The van der Waals surface area contributed by atoms with Crippen LogP contribution in [0.25, 0.3) is 10.8 Å². The summed E-state index contributed by atoms with van der Waals surface area (Å²) >= 11 is 0. The molecule has 96 valence electrons. The number of anilines is 1. The van der Waals surface area contributed by atoms with Crippen LogP contribution in [0.5, 0.6) is 0 Å². The van der Waals surface area contributed by atoms with E-state index in [4.69, 9.17) is 10.2 Å². The fraction of sp³-hybridized carbons (Fsp3) is 0. The van der Waals surface area contributed by atoms with Gasteiger partial charge in [-0.2, -0.15) is 0 Å². The van der Waals surface area contributed by atoms with Crippen LogP contribution in [0.3, 0.4) is 0 Å². The highest BCUT2D eigenvalue weighted by molar-refractivity contribution is 5.81. The monoisotopic (exact) mass is 261 g/mol. The van der Waals surface area contributed by atoms with Crippen molar-refractivity contribution in [3.63, 3.8) is 0 Å². The molecule has 0 saturated carbocycles. The maximum Gasteiger partial charge on any atom is 0.344 e. The Morgan fingerprint density at radius 1 is 0.950 bits per heavy atom. The third-order valence-corrected chi connectivity index (χ3v) is 2.89. The van der Waals surface area contributed by atoms with Crippen molar-refractivity contribution in [1.29, 1.82) is 0 Å². The zero-order valence-electron chi connectivity index (χ0n) is 10.6. The third kappa shape index (κ3) is 2.40. The molecule has 0 aliphatic heterocycles. The Kier molecular flexibility index (Phi) is 2.98. The van der Waals surface area contributed by atoms with Crippen LogP contribution in [0.15, 0.2) is 63.8 Å². The lowest BCUT2D eigenvalue weighted by atomic mass is 10.1. The number of nitrogens with two attached hydrogens (primary N) is 1. The maximum atomic E-state index is 11.8. The molecular formula is C17H11NO2. The van der Waals surface area contributed by atoms with Crippen molar-refractivity contribution in [1.82, 2.24) is 0 Å². The van der Waals surface area contributed by atoms with Gasteiger partial charge in [-0.05, 0) is 41.6 Å². The summed E-state index contributed by atoms with van der Waals surface area (Å²) in [6, 6.07) is 16.3. The second-order valence-electron chi connectivity index (χ2n) is 4.36. The Labute approximate surface area is 115 Å². The quantitative estimate of drug-likeness (QED) is 0.500. The van der Waals surface area contributed by atoms with Gasteiger partial charge in [-0.1, -0.05) is 30.2 Å². The number of hydrogen-bond donors (Lipinski definition) is 1. The Balaban J connectivity index is 2.06. The predicted molar refractivity (Wildman–Crippen MR) is 79.3 cm³/mol. The first-order valence-electron chi connectivity index (χ1n) is 6.13. The van der Waals surface area contributed by atoms with E-state index < -0.39 is 0 Å². The van der Waals surface area contributed by atoms with E-state index >= 15 is 0 Å². The molecule has 0 unspecified atom stereocenters. The lowest BCUT2D eigenvalue weighted by molar-refractivity contribution is 0.507. The first-order chi connectivity index (χ1) is 9.72. The van der Waals surface area contributed by atoms with Gasteiger partial charge >= 0.3 is 5.63 Å². The van der Waals surface area contributed by atoms with Gasteiger partial charge in [0.1, 0.15) is 0 Å². The largest absolute Gasteiger partial charge is 0.414 e. The van der Waals surface area contributed by atoms with E-state index in [0.29, 0.717) is 16.8 Å². The fourth-order valence-corrected chi connectivity index (χ4v) is 1.95. The molecule has 0 amide bonds. The van der Waals surface area contributed by atoms with Crippen LogP contribution >= 0.6 is 0 Å². The third-order valence-electron chi connectivity index (χ3n) is 2.89. The first-order valence-corrected chi connectivity index (χ1v) is 6.13. The van der Waals surface area contributed by atoms with E-state index in [9.17, 15) is 4.79 Å². The van der Waals surface area contributed by atoms with Crippen LogP contribution < -0.4 is 11.4 Å². The van der Waals surface area contributed by atoms with Gasteiger partial charge in [-0.15, -0.1) is 0 Å². The zero-order valence-corrected chi connectivity index (χ0v) is 10.6. The lowest BCUT2D eigenvalue weighted by Crippen LogP contribution is -2.00. The molecule has 0 saturated heterocycles. The average Bonchev–Trinajstić information content (AvgIpc) is 2.45. The summed E-state index contributed by atoms with van der Waals surface area (Å²) in [5, 5.41) is 1.38. The van der Waals surface area contributed by atoms with Crippen LogP contribution in [0.1, 0.15) is 11.3 Å². The molecule has 0 radical (unpaired) electrons. The molecule has 0 spiro atoms. The van der Waals surface area contributed by atoms with Gasteiger partial charge in [-0.3, -0.25) is 0 Å². The van der Waals surface area contributed by atoms with Gasteiger partial charge in [0.2, 0.25) is 0 Å². The van der Waals surface area contributed by atoms with Gasteiger partial charge < -0.3 is 10.2 Å². The Morgan fingerprint density at radius 2 is 1.80 bits per heavy atom.